The second-order valence-electron chi connectivity index (χ2n) is 5.32. The number of aryl methyl sites for hydroxylation is 2. The van der Waals surface area contributed by atoms with Gasteiger partial charge in [-0.1, -0.05) is 18.2 Å². The maximum Gasteiger partial charge on any atom is 0.116 e. The first kappa shape index (κ1) is 14.5. The molecule has 0 saturated heterocycles. The number of hydrogen-bond donors (Lipinski definition) is 1. The van der Waals surface area contributed by atoms with E-state index in [-0.39, 0.29) is 6.04 Å². The van der Waals surface area contributed by atoms with Gasteiger partial charge in [-0.15, -0.1) is 11.3 Å². The quantitative estimate of drug-likeness (QED) is 0.633. The van der Waals surface area contributed by atoms with Crippen LogP contribution in [0.25, 0.3) is 10.2 Å². The molecule has 0 fully saturated rings. The van der Waals surface area contributed by atoms with E-state index in [0.29, 0.717) is 0 Å². The molecule has 2 aromatic carbocycles. The highest BCUT2D eigenvalue weighted by Gasteiger charge is 2.14. The number of aromatic nitrogens is 1. The summed E-state index contributed by atoms with van der Waals surface area (Å²) < 4.78 is 2.34. The largest absolute Gasteiger partial charge is 0.375 e. The van der Waals surface area contributed by atoms with Crippen LogP contribution in [0.3, 0.4) is 0 Å². The van der Waals surface area contributed by atoms with Crippen molar-refractivity contribution in [1.82, 2.24) is 4.98 Å². The van der Waals surface area contributed by atoms with Gasteiger partial charge in [0.25, 0.3) is 0 Å². The van der Waals surface area contributed by atoms with E-state index in [2.05, 4.69) is 72.3 Å². The van der Waals surface area contributed by atoms with Crippen LogP contribution < -0.4 is 5.32 Å². The van der Waals surface area contributed by atoms with E-state index in [4.69, 9.17) is 4.98 Å². The van der Waals surface area contributed by atoms with Crippen LogP contribution in [0.2, 0.25) is 0 Å². The van der Waals surface area contributed by atoms with E-state index < -0.39 is 0 Å². The molecular formula is C17H17BrN2S. The van der Waals surface area contributed by atoms with Crippen LogP contribution >= 0.6 is 27.3 Å². The van der Waals surface area contributed by atoms with E-state index in [0.717, 1.165) is 20.7 Å². The van der Waals surface area contributed by atoms with E-state index in [1.54, 1.807) is 11.3 Å². The molecular weight excluding hydrogens is 344 g/mol. The number of anilines is 1. The molecule has 3 aromatic rings. The Morgan fingerprint density at radius 3 is 2.67 bits per heavy atom. The molecule has 1 aromatic heterocycles. The summed E-state index contributed by atoms with van der Waals surface area (Å²) in [5.41, 5.74) is 4.73. The molecule has 108 valence electrons. The van der Waals surface area contributed by atoms with Gasteiger partial charge in [0.2, 0.25) is 0 Å². The van der Waals surface area contributed by atoms with Gasteiger partial charge in [0.15, 0.2) is 0 Å². The van der Waals surface area contributed by atoms with Gasteiger partial charge >= 0.3 is 0 Å². The molecule has 1 atom stereocenters. The third-order valence-electron chi connectivity index (χ3n) is 3.47. The molecule has 0 aliphatic rings. The van der Waals surface area contributed by atoms with Gasteiger partial charge in [-0.3, -0.25) is 0 Å². The summed E-state index contributed by atoms with van der Waals surface area (Å²) in [6, 6.07) is 12.8. The van der Waals surface area contributed by atoms with Crippen LogP contribution in [0.4, 0.5) is 5.69 Å². The standard InChI is InChI=1S/C17H17BrN2S/c1-10-8-11(2)16(13(18)9-10)19-12(3)17-20-14-6-4-5-7-15(14)21-17/h4-9,12,19H,1-3H3. The lowest BCUT2D eigenvalue weighted by Crippen LogP contribution is -2.08. The summed E-state index contributed by atoms with van der Waals surface area (Å²) in [7, 11) is 0. The van der Waals surface area contributed by atoms with Gasteiger partial charge in [0.1, 0.15) is 5.01 Å². The topological polar surface area (TPSA) is 24.9 Å². The van der Waals surface area contributed by atoms with Crippen molar-refractivity contribution in [2.24, 2.45) is 0 Å². The molecule has 0 amide bonds. The molecule has 21 heavy (non-hydrogen) atoms. The van der Waals surface area contributed by atoms with Crippen molar-refractivity contribution >= 4 is 43.2 Å². The fourth-order valence-electron chi connectivity index (χ4n) is 2.45. The Balaban J connectivity index is 1.91. The summed E-state index contributed by atoms with van der Waals surface area (Å²) in [4.78, 5) is 4.73. The van der Waals surface area contributed by atoms with Crippen LogP contribution in [0.15, 0.2) is 40.9 Å². The molecule has 0 radical (unpaired) electrons. The van der Waals surface area contributed by atoms with Gasteiger partial charge in [0, 0.05) is 4.47 Å². The molecule has 1 N–H and O–H groups in total. The fourth-order valence-corrected chi connectivity index (χ4v) is 4.21. The normalized spacial score (nSPS) is 12.6. The van der Waals surface area contributed by atoms with Crippen molar-refractivity contribution in [1.29, 1.82) is 0 Å². The Labute approximate surface area is 137 Å². The van der Waals surface area contributed by atoms with Crippen molar-refractivity contribution in [3.8, 4) is 0 Å². The number of hydrogen-bond acceptors (Lipinski definition) is 3. The monoisotopic (exact) mass is 360 g/mol. The average Bonchev–Trinajstić information content (AvgIpc) is 2.86. The highest BCUT2D eigenvalue weighted by molar-refractivity contribution is 9.10. The fraction of sp³-hybridized carbons (Fsp3) is 0.235. The zero-order chi connectivity index (χ0) is 15.0. The highest BCUT2D eigenvalue weighted by atomic mass is 79.9. The lowest BCUT2D eigenvalue weighted by molar-refractivity contribution is 0.871. The molecule has 0 aliphatic heterocycles. The molecule has 0 bridgehead atoms. The number of benzene rings is 2. The minimum absolute atomic E-state index is 0.181. The van der Waals surface area contributed by atoms with Crippen molar-refractivity contribution in [3.05, 3.63) is 57.0 Å². The van der Waals surface area contributed by atoms with Crippen LogP contribution in [-0.2, 0) is 0 Å². The smallest absolute Gasteiger partial charge is 0.116 e. The number of nitrogens with one attached hydrogen (secondary N) is 1. The Morgan fingerprint density at radius 1 is 1.19 bits per heavy atom. The molecule has 1 unspecified atom stereocenters. The SMILES string of the molecule is Cc1cc(C)c(NC(C)c2nc3ccccc3s2)c(Br)c1. The van der Waals surface area contributed by atoms with Crippen molar-refractivity contribution in [2.45, 2.75) is 26.8 Å². The number of fused-ring (bicyclic) bond motifs is 1. The lowest BCUT2D eigenvalue weighted by Gasteiger charge is -2.17. The summed E-state index contributed by atoms with van der Waals surface area (Å²) in [5, 5.41) is 4.70. The minimum atomic E-state index is 0.181. The summed E-state index contributed by atoms with van der Waals surface area (Å²) in [5.74, 6) is 0. The number of thiazole rings is 1. The number of halogens is 1. The zero-order valence-electron chi connectivity index (χ0n) is 12.3. The summed E-state index contributed by atoms with van der Waals surface area (Å²) in [6.45, 7) is 6.40. The predicted octanol–water partition coefficient (Wildman–Crippen LogP) is 5.85. The summed E-state index contributed by atoms with van der Waals surface area (Å²) in [6.07, 6.45) is 0. The zero-order valence-corrected chi connectivity index (χ0v) is 14.7. The Hall–Kier alpha value is -1.39. The number of nitrogens with zero attached hydrogens (tertiary/aromatic N) is 1. The molecule has 2 nitrogen and oxygen atoms in total. The Bertz CT molecular complexity index is 738. The van der Waals surface area contributed by atoms with Gasteiger partial charge in [-0.2, -0.15) is 0 Å². The van der Waals surface area contributed by atoms with Crippen molar-refractivity contribution in [2.75, 3.05) is 5.32 Å². The molecule has 0 spiro atoms. The number of rotatable bonds is 3. The van der Waals surface area contributed by atoms with E-state index >= 15 is 0 Å². The molecule has 3 rings (SSSR count). The van der Waals surface area contributed by atoms with Gasteiger partial charge in [-0.05, 0) is 66.0 Å². The summed E-state index contributed by atoms with van der Waals surface area (Å²) >= 11 is 5.40. The second kappa shape index (κ2) is 5.78. The van der Waals surface area contributed by atoms with Gasteiger partial charge in [-0.25, -0.2) is 4.98 Å². The first-order valence-corrected chi connectivity index (χ1v) is 8.54. The van der Waals surface area contributed by atoms with Crippen LogP contribution in [0.1, 0.15) is 29.1 Å². The van der Waals surface area contributed by atoms with Crippen LogP contribution in [0.5, 0.6) is 0 Å². The first-order valence-electron chi connectivity index (χ1n) is 6.93. The molecule has 0 saturated carbocycles. The van der Waals surface area contributed by atoms with E-state index in [1.807, 2.05) is 6.07 Å². The Kier molecular flexibility index (Phi) is 4.00. The van der Waals surface area contributed by atoms with Crippen molar-refractivity contribution in [3.63, 3.8) is 0 Å². The van der Waals surface area contributed by atoms with E-state index in [9.17, 15) is 0 Å². The van der Waals surface area contributed by atoms with Gasteiger partial charge in [0.05, 0.1) is 21.9 Å². The number of para-hydroxylation sites is 1. The average molecular weight is 361 g/mol. The Morgan fingerprint density at radius 2 is 1.95 bits per heavy atom. The third kappa shape index (κ3) is 2.97. The molecule has 1 heterocycles. The lowest BCUT2D eigenvalue weighted by atomic mass is 10.1. The van der Waals surface area contributed by atoms with Gasteiger partial charge < -0.3 is 5.32 Å². The van der Waals surface area contributed by atoms with Crippen LogP contribution in [-0.4, -0.2) is 4.98 Å². The van der Waals surface area contributed by atoms with Crippen molar-refractivity contribution < 1.29 is 0 Å². The maximum absolute atomic E-state index is 4.73. The highest BCUT2D eigenvalue weighted by Crippen LogP contribution is 2.33. The first-order chi connectivity index (χ1) is 10.0. The maximum atomic E-state index is 4.73. The third-order valence-corrected chi connectivity index (χ3v) is 5.32. The molecule has 4 heteroatoms. The second-order valence-corrected chi connectivity index (χ2v) is 7.24. The van der Waals surface area contributed by atoms with E-state index in [1.165, 1.54) is 15.8 Å². The van der Waals surface area contributed by atoms with Crippen LogP contribution in [0, 0.1) is 13.8 Å². The molecule has 0 aliphatic carbocycles. The predicted molar refractivity (Wildman–Crippen MR) is 95.3 cm³/mol. The minimum Gasteiger partial charge on any atom is -0.375 e.